The van der Waals surface area contributed by atoms with Crippen LogP contribution in [0.25, 0.3) is 17.1 Å². The van der Waals surface area contributed by atoms with Gasteiger partial charge in [-0.15, -0.1) is 23.4 Å². The Kier molecular flexibility index (Phi) is 8.72. The monoisotopic (exact) mass is 635 g/mol. The molecule has 0 bridgehead atoms. The number of aliphatic hydroxyl groups excluding tert-OH is 1. The van der Waals surface area contributed by atoms with Gasteiger partial charge in [0.2, 0.25) is 0 Å². The molecule has 0 saturated heterocycles. The Bertz CT molecular complexity index is 1670. The quantitative estimate of drug-likeness (QED) is 0.262. The van der Waals surface area contributed by atoms with Crippen LogP contribution in [-0.2, 0) is 17.8 Å². The van der Waals surface area contributed by atoms with Gasteiger partial charge in [-0.2, -0.15) is 13.2 Å². The zero-order valence-electron chi connectivity index (χ0n) is 21.7. The normalized spacial score (nSPS) is 13.5. The molecule has 1 unspecified atom stereocenters. The lowest BCUT2D eigenvalue weighted by molar-refractivity contribution is -0.274. The van der Waals surface area contributed by atoms with Crippen LogP contribution in [0.2, 0.25) is 5.02 Å². The molecule has 0 aliphatic carbocycles. The third-order valence-corrected chi connectivity index (χ3v) is 5.95. The maximum atomic E-state index is 13.2. The molecular formula is C24H20ClF6N7O5. The smallest absolute Gasteiger partial charge is 0.438 e. The van der Waals surface area contributed by atoms with Crippen molar-refractivity contribution in [2.24, 2.45) is 5.73 Å². The fourth-order valence-corrected chi connectivity index (χ4v) is 4.00. The van der Waals surface area contributed by atoms with E-state index in [2.05, 4.69) is 19.9 Å². The summed E-state index contributed by atoms with van der Waals surface area (Å²) in [7, 11) is 0. The zero-order valence-corrected chi connectivity index (χ0v) is 22.4. The molecule has 12 nitrogen and oxygen atoms in total. The molecular weight excluding hydrogens is 616 g/mol. The number of rotatable bonds is 9. The molecule has 43 heavy (non-hydrogen) atoms. The summed E-state index contributed by atoms with van der Waals surface area (Å²) in [6, 6.07) is 10.4. The van der Waals surface area contributed by atoms with Gasteiger partial charge in [-0.3, -0.25) is 4.57 Å². The summed E-state index contributed by atoms with van der Waals surface area (Å²) in [6.45, 7) is -0.528. The Morgan fingerprint density at radius 3 is 2.33 bits per heavy atom. The van der Waals surface area contributed by atoms with Crippen molar-refractivity contribution >= 4 is 17.7 Å². The highest BCUT2D eigenvalue weighted by atomic mass is 35.5. The highest BCUT2D eigenvalue weighted by Crippen LogP contribution is 2.31. The highest BCUT2D eigenvalue weighted by Gasteiger charge is 2.39. The van der Waals surface area contributed by atoms with Crippen molar-refractivity contribution in [1.29, 1.82) is 0 Å². The summed E-state index contributed by atoms with van der Waals surface area (Å²) >= 11 is 5.89. The van der Waals surface area contributed by atoms with Gasteiger partial charge in [0.1, 0.15) is 12.2 Å². The lowest BCUT2D eigenvalue weighted by atomic mass is 10.2. The van der Waals surface area contributed by atoms with Gasteiger partial charge in [0.05, 0.1) is 6.54 Å². The summed E-state index contributed by atoms with van der Waals surface area (Å²) in [6.07, 6.45) is -15.6. The number of para-hydroxylation sites is 2. The molecule has 2 aromatic carbocycles. The molecule has 0 aliphatic rings. The third kappa shape index (κ3) is 7.44. The molecule has 2 aromatic heterocycles. The number of alkyl halides is 6. The Balaban J connectivity index is 1.82. The van der Waals surface area contributed by atoms with E-state index in [1.807, 2.05) is 0 Å². The van der Waals surface area contributed by atoms with E-state index >= 15 is 0 Å². The van der Waals surface area contributed by atoms with Crippen LogP contribution >= 0.6 is 11.6 Å². The van der Waals surface area contributed by atoms with Crippen molar-refractivity contribution < 1.29 is 45.7 Å². The van der Waals surface area contributed by atoms with Gasteiger partial charge in [0, 0.05) is 10.6 Å². The molecule has 0 saturated carbocycles. The molecule has 3 N–H and O–H groups in total. The standard InChI is InChI=1S/C24H20ClF6N7O5/c1-12(42-21(32)40)19-33-18(34-38(19)15-4-2-3-5-16(15)43-24(29,30)31)11-37-22(41)36(10-17(39)23(26,27)28)20(35-37)13-6-8-14(25)9-7-13/h2-9,12,17,39H,10-11H2,1H3,(H2,32,40)/t12?,17-/m0/s1. The number of benzene rings is 2. The van der Waals surface area contributed by atoms with Gasteiger partial charge in [-0.1, -0.05) is 23.7 Å². The lowest BCUT2D eigenvalue weighted by Crippen LogP contribution is -2.37. The van der Waals surface area contributed by atoms with Crippen LogP contribution in [0, 0.1) is 0 Å². The SMILES string of the molecule is CC(OC(N)=O)c1nc(Cn2nc(-c3ccc(Cl)cc3)n(C[C@H](O)C(F)(F)F)c2=O)nn1-c1ccccc1OC(F)(F)F. The minimum atomic E-state index is -5.09. The van der Waals surface area contributed by atoms with Crippen molar-refractivity contribution in [3.8, 4) is 22.8 Å². The number of carbonyl (C=O) groups is 1. The number of amides is 1. The number of aromatic nitrogens is 6. The maximum Gasteiger partial charge on any atom is 0.573 e. The first-order chi connectivity index (χ1) is 20.0. The second-order valence-corrected chi connectivity index (χ2v) is 9.27. The van der Waals surface area contributed by atoms with E-state index in [1.165, 1.54) is 49.4 Å². The van der Waals surface area contributed by atoms with Crippen LogP contribution in [0.3, 0.4) is 0 Å². The maximum absolute atomic E-state index is 13.2. The second-order valence-electron chi connectivity index (χ2n) is 8.83. The zero-order chi connectivity index (χ0) is 31.7. The van der Waals surface area contributed by atoms with Crippen LogP contribution in [-0.4, -0.2) is 59.0 Å². The van der Waals surface area contributed by atoms with Gasteiger partial charge in [0.15, 0.2) is 35.4 Å². The number of aliphatic hydroxyl groups is 1. The number of primary amides is 1. The molecule has 1 amide bonds. The molecule has 0 radical (unpaired) electrons. The predicted molar refractivity (Wildman–Crippen MR) is 135 cm³/mol. The van der Waals surface area contributed by atoms with Crippen molar-refractivity contribution in [2.45, 2.75) is 44.8 Å². The predicted octanol–water partition coefficient (Wildman–Crippen LogP) is 3.97. The summed E-state index contributed by atoms with van der Waals surface area (Å²) in [5.74, 6) is -1.49. The van der Waals surface area contributed by atoms with E-state index in [4.69, 9.17) is 22.1 Å². The molecule has 4 aromatic rings. The lowest BCUT2D eigenvalue weighted by Gasteiger charge is -2.16. The number of hydrogen-bond donors (Lipinski definition) is 2. The Hall–Kier alpha value is -4.58. The Morgan fingerprint density at radius 2 is 1.72 bits per heavy atom. The van der Waals surface area contributed by atoms with E-state index in [-0.39, 0.29) is 33.7 Å². The van der Waals surface area contributed by atoms with Crippen molar-refractivity contribution in [1.82, 2.24) is 29.1 Å². The molecule has 19 heteroatoms. The van der Waals surface area contributed by atoms with Crippen molar-refractivity contribution in [3.63, 3.8) is 0 Å². The number of carbonyl (C=O) groups excluding carboxylic acids is 1. The van der Waals surface area contributed by atoms with Crippen LogP contribution in [0.5, 0.6) is 5.75 Å². The van der Waals surface area contributed by atoms with Crippen LogP contribution in [0.15, 0.2) is 53.3 Å². The second kappa shape index (κ2) is 12.0. The van der Waals surface area contributed by atoms with E-state index < -0.39 is 55.4 Å². The van der Waals surface area contributed by atoms with Crippen molar-refractivity contribution in [2.75, 3.05) is 0 Å². The molecule has 2 heterocycles. The first-order valence-corrected chi connectivity index (χ1v) is 12.4. The fraction of sp³-hybridized carbons (Fsp3) is 0.292. The average Bonchev–Trinajstić information content (AvgIpc) is 3.45. The van der Waals surface area contributed by atoms with Gasteiger partial charge in [-0.05, 0) is 43.3 Å². The topological polar surface area (TPSA) is 152 Å². The van der Waals surface area contributed by atoms with Gasteiger partial charge in [0.25, 0.3) is 0 Å². The molecule has 0 fully saturated rings. The first-order valence-electron chi connectivity index (χ1n) is 12.0. The summed E-state index contributed by atoms with van der Waals surface area (Å²) in [5, 5.41) is 18.2. The van der Waals surface area contributed by atoms with Gasteiger partial charge in [-0.25, -0.2) is 23.9 Å². The number of ether oxygens (including phenoxy) is 2. The third-order valence-electron chi connectivity index (χ3n) is 5.70. The summed E-state index contributed by atoms with van der Waals surface area (Å²) in [5.41, 5.74) is 3.86. The number of nitrogens with two attached hydrogens (primary N) is 1. The Labute approximate surface area is 241 Å². The largest absolute Gasteiger partial charge is 0.573 e. The summed E-state index contributed by atoms with van der Waals surface area (Å²) in [4.78, 5) is 28.8. The molecule has 0 spiro atoms. The van der Waals surface area contributed by atoms with Crippen LogP contribution in [0.1, 0.15) is 24.7 Å². The fourth-order valence-electron chi connectivity index (χ4n) is 3.88. The van der Waals surface area contributed by atoms with E-state index in [0.29, 0.717) is 9.25 Å². The first kappa shape index (κ1) is 31.4. The molecule has 230 valence electrons. The van der Waals surface area contributed by atoms with Crippen LogP contribution in [0.4, 0.5) is 31.1 Å². The van der Waals surface area contributed by atoms with E-state index in [1.54, 1.807) is 0 Å². The number of nitrogens with zero attached hydrogens (tertiary/aromatic N) is 6. The van der Waals surface area contributed by atoms with E-state index in [9.17, 15) is 41.0 Å². The molecule has 4 rings (SSSR count). The highest BCUT2D eigenvalue weighted by molar-refractivity contribution is 6.30. The average molecular weight is 636 g/mol. The van der Waals surface area contributed by atoms with Gasteiger partial charge < -0.3 is 20.3 Å². The number of hydrogen-bond acceptors (Lipinski definition) is 8. The molecule has 2 atom stereocenters. The van der Waals surface area contributed by atoms with Gasteiger partial charge >= 0.3 is 24.3 Å². The Morgan fingerprint density at radius 1 is 1.07 bits per heavy atom. The minimum absolute atomic E-state index is 0.176. The summed E-state index contributed by atoms with van der Waals surface area (Å²) < 4.78 is 89.8. The number of halogens is 7. The van der Waals surface area contributed by atoms with E-state index in [0.717, 1.165) is 10.7 Å². The van der Waals surface area contributed by atoms with Crippen LogP contribution < -0.4 is 16.2 Å². The molecule has 0 aliphatic heterocycles. The van der Waals surface area contributed by atoms with Crippen molar-refractivity contribution in [3.05, 3.63) is 75.7 Å². The minimum Gasteiger partial charge on any atom is -0.438 e.